The zero-order valence-electron chi connectivity index (χ0n) is 6.30. The number of rotatable bonds is 0. The van der Waals surface area contributed by atoms with Crippen LogP contribution in [0.4, 0.5) is 4.39 Å². The summed E-state index contributed by atoms with van der Waals surface area (Å²) in [6.45, 7) is 1.22. The SMILES string of the molecule is Br.Oc1ccc2c(c1F)CNC2. The van der Waals surface area contributed by atoms with Crippen LogP contribution in [0.15, 0.2) is 12.1 Å². The van der Waals surface area contributed by atoms with Crippen molar-refractivity contribution in [1.82, 2.24) is 5.32 Å². The summed E-state index contributed by atoms with van der Waals surface area (Å²) >= 11 is 0. The monoisotopic (exact) mass is 233 g/mol. The Bertz CT molecular complexity index is 303. The molecule has 1 heterocycles. The molecular weight excluding hydrogens is 225 g/mol. The maximum atomic E-state index is 13.0. The lowest BCUT2D eigenvalue weighted by Crippen LogP contribution is -2.00. The Labute approximate surface area is 80.2 Å². The van der Waals surface area contributed by atoms with E-state index in [4.69, 9.17) is 5.11 Å². The first-order chi connectivity index (χ1) is 5.29. The normalized spacial score (nSPS) is 13.8. The number of aromatic hydroxyl groups is 1. The van der Waals surface area contributed by atoms with Gasteiger partial charge < -0.3 is 10.4 Å². The van der Waals surface area contributed by atoms with E-state index >= 15 is 0 Å². The number of hydrogen-bond acceptors (Lipinski definition) is 2. The molecule has 0 bridgehead atoms. The zero-order chi connectivity index (χ0) is 7.84. The van der Waals surface area contributed by atoms with Crippen LogP contribution in [0, 0.1) is 5.82 Å². The third-order valence-corrected chi connectivity index (χ3v) is 1.94. The summed E-state index contributed by atoms with van der Waals surface area (Å²) in [5, 5.41) is 12.0. The molecular formula is C8H9BrFNO. The Hall–Kier alpha value is -0.610. The van der Waals surface area contributed by atoms with E-state index < -0.39 is 5.82 Å². The van der Waals surface area contributed by atoms with Crippen molar-refractivity contribution in [1.29, 1.82) is 0 Å². The van der Waals surface area contributed by atoms with Crippen molar-refractivity contribution >= 4 is 17.0 Å². The summed E-state index contributed by atoms with van der Waals surface area (Å²) in [7, 11) is 0. The predicted octanol–water partition coefficient (Wildman–Crippen LogP) is 1.71. The highest BCUT2D eigenvalue weighted by molar-refractivity contribution is 8.93. The van der Waals surface area contributed by atoms with Gasteiger partial charge >= 0.3 is 0 Å². The number of hydrogen-bond donors (Lipinski definition) is 2. The summed E-state index contributed by atoms with van der Waals surface area (Å²) in [5.41, 5.74) is 1.55. The summed E-state index contributed by atoms with van der Waals surface area (Å²) in [5.74, 6) is -0.736. The first-order valence-corrected chi connectivity index (χ1v) is 3.49. The molecule has 1 aliphatic heterocycles. The number of nitrogens with one attached hydrogen (secondary N) is 1. The molecule has 2 rings (SSSR count). The second-order valence-electron chi connectivity index (χ2n) is 2.64. The fourth-order valence-corrected chi connectivity index (χ4v) is 1.33. The first-order valence-electron chi connectivity index (χ1n) is 3.49. The van der Waals surface area contributed by atoms with E-state index in [1.807, 2.05) is 0 Å². The Morgan fingerprint density at radius 3 is 2.83 bits per heavy atom. The minimum Gasteiger partial charge on any atom is -0.505 e. The van der Waals surface area contributed by atoms with Gasteiger partial charge in [-0.3, -0.25) is 0 Å². The third-order valence-electron chi connectivity index (χ3n) is 1.94. The molecule has 2 N–H and O–H groups in total. The second kappa shape index (κ2) is 3.41. The highest BCUT2D eigenvalue weighted by atomic mass is 79.9. The van der Waals surface area contributed by atoms with E-state index in [1.165, 1.54) is 6.07 Å². The van der Waals surface area contributed by atoms with Crippen LogP contribution in [0.25, 0.3) is 0 Å². The zero-order valence-corrected chi connectivity index (χ0v) is 8.02. The van der Waals surface area contributed by atoms with Gasteiger partial charge in [0.05, 0.1) is 0 Å². The van der Waals surface area contributed by atoms with E-state index in [1.54, 1.807) is 6.07 Å². The van der Waals surface area contributed by atoms with E-state index in [-0.39, 0.29) is 22.7 Å². The summed E-state index contributed by atoms with van der Waals surface area (Å²) < 4.78 is 13.0. The maximum Gasteiger partial charge on any atom is 0.169 e. The van der Waals surface area contributed by atoms with Crippen molar-refractivity contribution in [2.45, 2.75) is 13.1 Å². The van der Waals surface area contributed by atoms with Gasteiger partial charge in [-0.2, -0.15) is 0 Å². The Morgan fingerprint density at radius 2 is 2.08 bits per heavy atom. The van der Waals surface area contributed by atoms with Gasteiger partial charge in [-0.15, -0.1) is 17.0 Å². The second-order valence-corrected chi connectivity index (χ2v) is 2.64. The number of phenols is 1. The minimum atomic E-state index is -0.479. The van der Waals surface area contributed by atoms with Gasteiger partial charge in [-0.25, -0.2) is 4.39 Å². The smallest absolute Gasteiger partial charge is 0.169 e. The highest BCUT2D eigenvalue weighted by Gasteiger charge is 2.16. The molecule has 12 heavy (non-hydrogen) atoms. The number of phenolic OH excluding ortho intramolecular Hbond substituents is 1. The lowest BCUT2D eigenvalue weighted by molar-refractivity contribution is 0.429. The molecule has 66 valence electrons. The Balaban J connectivity index is 0.000000720. The molecule has 1 aromatic rings. The fourth-order valence-electron chi connectivity index (χ4n) is 1.33. The molecule has 0 spiro atoms. The van der Waals surface area contributed by atoms with E-state index in [9.17, 15) is 4.39 Å². The summed E-state index contributed by atoms with van der Waals surface area (Å²) in [6.07, 6.45) is 0. The van der Waals surface area contributed by atoms with Gasteiger partial charge in [-0.05, 0) is 11.6 Å². The molecule has 0 saturated carbocycles. The molecule has 0 aromatic heterocycles. The van der Waals surface area contributed by atoms with Crippen LogP contribution in [0.1, 0.15) is 11.1 Å². The van der Waals surface area contributed by atoms with Crippen molar-refractivity contribution in [2.24, 2.45) is 0 Å². The number of halogens is 2. The molecule has 2 nitrogen and oxygen atoms in total. The van der Waals surface area contributed by atoms with Crippen LogP contribution < -0.4 is 5.32 Å². The minimum absolute atomic E-state index is 0. The molecule has 1 aliphatic rings. The average molecular weight is 234 g/mol. The van der Waals surface area contributed by atoms with Gasteiger partial charge in [0, 0.05) is 18.7 Å². The van der Waals surface area contributed by atoms with E-state index in [0.717, 1.165) is 5.56 Å². The maximum absolute atomic E-state index is 13.0. The van der Waals surface area contributed by atoms with Gasteiger partial charge in [0.15, 0.2) is 11.6 Å². The van der Waals surface area contributed by atoms with Crippen LogP contribution in [-0.2, 0) is 13.1 Å². The Kier molecular flexibility index (Phi) is 2.69. The van der Waals surface area contributed by atoms with Crippen LogP contribution in [-0.4, -0.2) is 5.11 Å². The number of fused-ring (bicyclic) bond motifs is 1. The average Bonchev–Trinajstić information content (AvgIpc) is 2.45. The Morgan fingerprint density at radius 1 is 1.33 bits per heavy atom. The number of benzene rings is 1. The van der Waals surface area contributed by atoms with Gasteiger partial charge in [-0.1, -0.05) is 6.07 Å². The van der Waals surface area contributed by atoms with Crippen LogP contribution in [0.2, 0.25) is 0 Å². The van der Waals surface area contributed by atoms with Crippen molar-refractivity contribution < 1.29 is 9.50 Å². The molecule has 4 heteroatoms. The van der Waals surface area contributed by atoms with Crippen molar-refractivity contribution in [3.63, 3.8) is 0 Å². The van der Waals surface area contributed by atoms with E-state index in [2.05, 4.69) is 5.32 Å². The first kappa shape index (κ1) is 9.48. The van der Waals surface area contributed by atoms with Crippen LogP contribution in [0.3, 0.4) is 0 Å². The highest BCUT2D eigenvalue weighted by Crippen LogP contribution is 2.25. The lowest BCUT2D eigenvalue weighted by Gasteiger charge is -2.00. The standard InChI is InChI=1S/C8H8FNO.BrH/c9-8-6-4-10-3-5(6)1-2-7(8)11;/h1-2,10-11H,3-4H2;1H. The molecule has 0 aliphatic carbocycles. The summed E-state index contributed by atoms with van der Waals surface area (Å²) in [4.78, 5) is 0. The topological polar surface area (TPSA) is 32.3 Å². The van der Waals surface area contributed by atoms with Crippen LogP contribution >= 0.6 is 17.0 Å². The van der Waals surface area contributed by atoms with Gasteiger partial charge in [0.2, 0.25) is 0 Å². The molecule has 0 atom stereocenters. The molecule has 0 fully saturated rings. The largest absolute Gasteiger partial charge is 0.505 e. The van der Waals surface area contributed by atoms with Crippen molar-refractivity contribution in [3.05, 3.63) is 29.1 Å². The predicted molar refractivity (Wildman–Crippen MR) is 48.9 cm³/mol. The van der Waals surface area contributed by atoms with Crippen LogP contribution in [0.5, 0.6) is 5.75 Å². The fraction of sp³-hybridized carbons (Fsp3) is 0.250. The molecule has 0 saturated heterocycles. The van der Waals surface area contributed by atoms with Crippen molar-refractivity contribution in [3.8, 4) is 5.75 Å². The third kappa shape index (κ3) is 1.32. The molecule has 0 unspecified atom stereocenters. The summed E-state index contributed by atoms with van der Waals surface area (Å²) in [6, 6.07) is 3.13. The quantitative estimate of drug-likeness (QED) is 0.716. The molecule has 0 radical (unpaired) electrons. The lowest BCUT2D eigenvalue weighted by atomic mass is 10.1. The van der Waals surface area contributed by atoms with E-state index in [0.29, 0.717) is 18.7 Å². The van der Waals surface area contributed by atoms with Gasteiger partial charge in [0.1, 0.15) is 0 Å². The molecule has 1 aromatic carbocycles. The van der Waals surface area contributed by atoms with Gasteiger partial charge in [0.25, 0.3) is 0 Å². The van der Waals surface area contributed by atoms with Crippen molar-refractivity contribution in [2.75, 3.05) is 0 Å². The molecule has 0 amide bonds.